The molecule has 4 aromatic rings. The smallest absolute Gasteiger partial charge is 0.0158 e. The molecule has 0 unspecified atom stereocenters. The van der Waals surface area contributed by atoms with Crippen molar-refractivity contribution in [3.05, 3.63) is 120 Å². The summed E-state index contributed by atoms with van der Waals surface area (Å²) in [6.45, 7) is 16.0. The Balaban J connectivity index is 0.000000189. The van der Waals surface area contributed by atoms with Crippen molar-refractivity contribution < 1.29 is 0 Å². The molecule has 0 aromatic heterocycles. The highest BCUT2D eigenvalue weighted by Gasteiger charge is 2.34. The van der Waals surface area contributed by atoms with Gasteiger partial charge in [-0.2, -0.15) is 0 Å². The summed E-state index contributed by atoms with van der Waals surface area (Å²) in [5.41, 5.74) is 7.21. The van der Waals surface area contributed by atoms with E-state index in [-0.39, 0.29) is 5.41 Å². The number of allylic oxidation sites excluding steroid dienone is 1. The topological polar surface area (TPSA) is 0 Å². The molecule has 1 aliphatic carbocycles. The van der Waals surface area contributed by atoms with Crippen molar-refractivity contribution in [2.75, 3.05) is 0 Å². The molecule has 0 heteroatoms. The summed E-state index contributed by atoms with van der Waals surface area (Å²) in [6.07, 6.45) is 1.75. The molecule has 0 N–H and O–H groups in total. The Labute approximate surface area is 189 Å². The van der Waals surface area contributed by atoms with E-state index in [4.69, 9.17) is 0 Å². The van der Waals surface area contributed by atoms with Crippen LogP contribution in [0.25, 0.3) is 21.9 Å². The minimum absolute atomic E-state index is 0.160. The third-order valence-corrected chi connectivity index (χ3v) is 5.50. The van der Waals surface area contributed by atoms with Gasteiger partial charge in [0.1, 0.15) is 0 Å². The van der Waals surface area contributed by atoms with Gasteiger partial charge in [0, 0.05) is 5.41 Å². The zero-order valence-corrected chi connectivity index (χ0v) is 19.9. The Morgan fingerprint density at radius 2 is 1.06 bits per heavy atom. The van der Waals surface area contributed by atoms with Crippen LogP contribution in [0.1, 0.15) is 51.3 Å². The Kier molecular flexibility index (Phi) is 8.82. The Hall–Kier alpha value is -3.12. The molecule has 0 bridgehead atoms. The lowest BCUT2D eigenvalue weighted by molar-refractivity contribution is 0.660. The first-order chi connectivity index (χ1) is 15.0. The van der Waals surface area contributed by atoms with Crippen molar-refractivity contribution in [2.45, 2.75) is 47.0 Å². The second-order valence-electron chi connectivity index (χ2n) is 7.92. The Morgan fingerprint density at radius 3 is 1.58 bits per heavy atom. The Morgan fingerprint density at radius 1 is 0.645 bits per heavy atom. The molecule has 160 valence electrons. The fraction of sp³-hybridized carbons (Fsp3) is 0.226. The molecule has 5 rings (SSSR count). The molecule has 1 aliphatic rings. The van der Waals surface area contributed by atoms with Crippen molar-refractivity contribution in [3.8, 4) is 11.1 Å². The van der Waals surface area contributed by atoms with Crippen LogP contribution in [-0.2, 0) is 5.41 Å². The van der Waals surface area contributed by atoms with Gasteiger partial charge in [0.05, 0.1) is 0 Å². The number of aryl methyl sites for hydroxylation is 1. The van der Waals surface area contributed by atoms with E-state index in [1.54, 1.807) is 6.08 Å². The highest BCUT2D eigenvalue weighted by Crippen LogP contribution is 2.47. The van der Waals surface area contributed by atoms with Crippen LogP contribution in [0.3, 0.4) is 0 Å². The van der Waals surface area contributed by atoms with E-state index >= 15 is 0 Å². The molecule has 4 aromatic carbocycles. The highest BCUT2D eigenvalue weighted by molar-refractivity contribution is 5.85. The summed E-state index contributed by atoms with van der Waals surface area (Å²) >= 11 is 0. The number of rotatable bonds is 0. The molecule has 0 heterocycles. The number of benzene rings is 4. The normalized spacial score (nSPS) is 11.9. The lowest BCUT2D eigenvalue weighted by atomic mass is 9.82. The summed E-state index contributed by atoms with van der Waals surface area (Å²) in [4.78, 5) is 0. The maximum Gasteiger partial charge on any atom is 0.0158 e. The fourth-order valence-corrected chi connectivity index (χ4v) is 4.06. The van der Waals surface area contributed by atoms with Crippen LogP contribution in [0.15, 0.2) is 104 Å². The van der Waals surface area contributed by atoms with Gasteiger partial charge in [0.15, 0.2) is 0 Å². The van der Waals surface area contributed by atoms with Gasteiger partial charge in [-0.1, -0.05) is 125 Å². The van der Waals surface area contributed by atoms with Gasteiger partial charge >= 0.3 is 0 Å². The van der Waals surface area contributed by atoms with Crippen LogP contribution < -0.4 is 0 Å². The quantitative estimate of drug-likeness (QED) is 0.254. The summed E-state index contributed by atoms with van der Waals surface area (Å²) < 4.78 is 0. The maximum atomic E-state index is 3.36. The number of hydrogen-bond donors (Lipinski definition) is 0. The standard InChI is InChI=1S/C15H14.C11H10.C3H6.C2H6/c1-15(2)13-9-5-3-7-11(13)12-8-4-6-10-14(12)15;1-9-5-4-7-10-6-2-3-8-11(9)10;1-3-2;1-2/h3-10H,1-2H3;2-8H,1H3;3H,1H2,2H3;1-2H3. The molecule has 0 spiro atoms. The van der Waals surface area contributed by atoms with Crippen LogP contribution in [0.4, 0.5) is 0 Å². The van der Waals surface area contributed by atoms with E-state index in [2.05, 4.69) is 118 Å². The zero-order valence-electron chi connectivity index (χ0n) is 19.9. The average Bonchev–Trinajstić information content (AvgIpc) is 3.04. The average molecular weight is 409 g/mol. The van der Waals surface area contributed by atoms with Crippen molar-refractivity contribution in [3.63, 3.8) is 0 Å². The lowest BCUT2D eigenvalue weighted by Gasteiger charge is -2.20. The van der Waals surface area contributed by atoms with Crippen molar-refractivity contribution in [1.29, 1.82) is 0 Å². The van der Waals surface area contributed by atoms with E-state index in [9.17, 15) is 0 Å². The largest absolute Gasteiger partial charge is 0.103 e. The van der Waals surface area contributed by atoms with Crippen LogP contribution >= 0.6 is 0 Å². The predicted molar refractivity (Wildman–Crippen MR) is 140 cm³/mol. The minimum Gasteiger partial charge on any atom is -0.103 e. The van der Waals surface area contributed by atoms with E-state index < -0.39 is 0 Å². The van der Waals surface area contributed by atoms with Gasteiger partial charge in [-0.15, -0.1) is 6.58 Å². The molecular weight excluding hydrogens is 372 g/mol. The van der Waals surface area contributed by atoms with Crippen LogP contribution in [-0.4, -0.2) is 0 Å². The van der Waals surface area contributed by atoms with Crippen LogP contribution in [0, 0.1) is 6.92 Å². The molecule has 0 amide bonds. The summed E-state index contributed by atoms with van der Waals surface area (Å²) in [7, 11) is 0. The van der Waals surface area contributed by atoms with E-state index in [1.165, 1.54) is 38.6 Å². The fourth-order valence-electron chi connectivity index (χ4n) is 4.06. The first-order valence-corrected chi connectivity index (χ1v) is 11.2. The van der Waals surface area contributed by atoms with E-state index in [0.717, 1.165) is 0 Å². The monoisotopic (exact) mass is 408 g/mol. The molecule has 0 atom stereocenters. The first kappa shape index (κ1) is 24.2. The van der Waals surface area contributed by atoms with Gasteiger partial charge in [-0.25, -0.2) is 0 Å². The second-order valence-corrected chi connectivity index (χ2v) is 7.92. The van der Waals surface area contributed by atoms with E-state index in [1.807, 2.05) is 20.8 Å². The molecule has 0 fully saturated rings. The summed E-state index contributed by atoms with van der Waals surface area (Å²) in [6, 6.07) is 32.3. The minimum atomic E-state index is 0.160. The van der Waals surface area contributed by atoms with Crippen molar-refractivity contribution in [1.82, 2.24) is 0 Å². The van der Waals surface area contributed by atoms with E-state index in [0.29, 0.717) is 0 Å². The van der Waals surface area contributed by atoms with Gasteiger partial charge < -0.3 is 0 Å². The SMILES string of the molecule is C=CC.CC.CC1(C)c2ccccc2-c2ccccc21.Cc1cccc2ccccc12. The summed E-state index contributed by atoms with van der Waals surface area (Å²) in [5.74, 6) is 0. The van der Waals surface area contributed by atoms with Crippen LogP contribution in [0.5, 0.6) is 0 Å². The third-order valence-electron chi connectivity index (χ3n) is 5.50. The number of hydrogen-bond acceptors (Lipinski definition) is 0. The zero-order chi connectivity index (χ0) is 22.9. The molecule has 0 radical (unpaired) electrons. The highest BCUT2D eigenvalue weighted by atomic mass is 14.4. The summed E-state index contributed by atoms with van der Waals surface area (Å²) in [5, 5.41) is 2.68. The predicted octanol–water partition coefficient (Wildman–Crippen LogP) is 9.36. The van der Waals surface area contributed by atoms with Gasteiger partial charge in [0.2, 0.25) is 0 Å². The first-order valence-electron chi connectivity index (χ1n) is 11.2. The van der Waals surface area contributed by atoms with Gasteiger partial charge in [-0.05, 0) is 52.4 Å². The molecule has 0 saturated heterocycles. The van der Waals surface area contributed by atoms with Crippen molar-refractivity contribution in [2.24, 2.45) is 0 Å². The molecule has 0 nitrogen and oxygen atoms in total. The third kappa shape index (κ3) is 5.33. The van der Waals surface area contributed by atoms with Gasteiger partial charge in [-0.3, -0.25) is 0 Å². The second kappa shape index (κ2) is 11.3. The lowest BCUT2D eigenvalue weighted by Crippen LogP contribution is -2.14. The van der Waals surface area contributed by atoms with Crippen molar-refractivity contribution >= 4 is 10.8 Å². The molecule has 0 aliphatic heterocycles. The molecule has 31 heavy (non-hydrogen) atoms. The maximum absolute atomic E-state index is 3.36. The number of fused-ring (bicyclic) bond motifs is 4. The van der Waals surface area contributed by atoms with Gasteiger partial charge in [0.25, 0.3) is 0 Å². The molecular formula is C31H36. The molecule has 0 saturated carbocycles. The van der Waals surface area contributed by atoms with Crippen LogP contribution in [0.2, 0.25) is 0 Å². The Bertz CT molecular complexity index is 1060.